The number of phenolic OH excluding ortho intramolecular Hbond substituents is 1. The summed E-state index contributed by atoms with van der Waals surface area (Å²) in [6.45, 7) is 4.47. The van der Waals surface area contributed by atoms with Crippen LogP contribution in [0.4, 0.5) is 0 Å². The first-order valence-electron chi connectivity index (χ1n) is 4.18. The molecule has 0 aromatic heterocycles. The second-order valence-corrected chi connectivity index (χ2v) is 4.75. The minimum atomic E-state index is 0.377. The molecule has 2 rings (SSSR count). The summed E-state index contributed by atoms with van der Waals surface area (Å²) in [5.41, 5.74) is 1.38. The number of phenols is 1. The van der Waals surface area contributed by atoms with Crippen molar-refractivity contribution in [1.29, 1.82) is 0 Å². The molecule has 0 bridgehead atoms. The van der Waals surface area contributed by atoms with Crippen molar-refractivity contribution in [3.05, 3.63) is 23.8 Å². The van der Waals surface area contributed by atoms with E-state index < -0.39 is 0 Å². The molecule has 1 aliphatic heterocycles. The van der Waals surface area contributed by atoms with Gasteiger partial charge in [-0.3, -0.25) is 0 Å². The van der Waals surface area contributed by atoms with E-state index in [4.69, 9.17) is 0 Å². The van der Waals surface area contributed by atoms with Gasteiger partial charge in [-0.05, 0) is 23.6 Å². The van der Waals surface area contributed by atoms with E-state index in [0.29, 0.717) is 16.9 Å². The van der Waals surface area contributed by atoms with Crippen LogP contribution in [0.1, 0.15) is 25.3 Å². The maximum absolute atomic E-state index is 9.26. The lowest BCUT2D eigenvalue weighted by Crippen LogP contribution is -1.99. The zero-order chi connectivity index (χ0) is 8.72. The van der Waals surface area contributed by atoms with Gasteiger partial charge in [0, 0.05) is 10.1 Å². The van der Waals surface area contributed by atoms with Crippen LogP contribution in [0.5, 0.6) is 5.75 Å². The molecule has 0 aliphatic carbocycles. The Morgan fingerprint density at radius 2 is 2.08 bits per heavy atom. The number of hydrogen-bond donors (Lipinski definition) is 1. The molecule has 0 saturated carbocycles. The smallest absolute Gasteiger partial charge is 0.116 e. The molecule has 0 radical (unpaired) electrons. The standard InChI is InChI=1S/C10H12OS/c1-6-7(2)12-10-5-8(11)3-4-9(6)10/h3-7,11H,1-2H3. The van der Waals surface area contributed by atoms with Gasteiger partial charge in [0.05, 0.1) is 0 Å². The summed E-state index contributed by atoms with van der Waals surface area (Å²) in [5.74, 6) is 0.994. The van der Waals surface area contributed by atoms with Gasteiger partial charge in [0.1, 0.15) is 5.75 Å². The van der Waals surface area contributed by atoms with Gasteiger partial charge in [-0.2, -0.15) is 0 Å². The van der Waals surface area contributed by atoms with Crippen molar-refractivity contribution >= 4 is 11.8 Å². The first-order valence-corrected chi connectivity index (χ1v) is 5.06. The Hall–Kier alpha value is -0.630. The van der Waals surface area contributed by atoms with Crippen molar-refractivity contribution < 1.29 is 5.11 Å². The molecule has 2 unspecified atom stereocenters. The van der Waals surface area contributed by atoms with E-state index in [1.165, 1.54) is 10.5 Å². The van der Waals surface area contributed by atoms with Crippen LogP contribution in [0.25, 0.3) is 0 Å². The lowest BCUT2D eigenvalue weighted by molar-refractivity contribution is 0.473. The van der Waals surface area contributed by atoms with Gasteiger partial charge in [0.15, 0.2) is 0 Å². The van der Waals surface area contributed by atoms with Crippen LogP contribution in [-0.4, -0.2) is 10.4 Å². The fourth-order valence-electron chi connectivity index (χ4n) is 1.56. The monoisotopic (exact) mass is 180 g/mol. The van der Waals surface area contributed by atoms with Crippen LogP contribution in [0.2, 0.25) is 0 Å². The summed E-state index contributed by atoms with van der Waals surface area (Å²) in [6.07, 6.45) is 0. The molecule has 2 heteroatoms. The van der Waals surface area contributed by atoms with Crippen molar-refractivity contribution in [2.45, 2.75) is 29.9 Å². The highest BCUT2D eigenvalue weighted by molar-refractivity contribution is 8.00. The van der Waals surface area contributed by atoms with Gasteiger partial charge in [0.2, 0.25) is 0 Å². The molecule has 0 amide bonds. The normalized spacial score (nSPS) is 27.2. The topological polar surface area (TPSA) is 20.2 Å². The number of rotatable bonds is 0. The van der Waals surface area contributed by atoms with Crippen molar-refractivity contribution in [2.24, 2.45) is 0 Å². The molecule has 0 saturated heterocycles. The Kier molecular flexibility index (Phi) is 1.80. The number of aromatic hydroxyl groups is 1. The molecular weight excluding hydrogens is 168 g/mol. The fourth-order valence-corrected chi connectivity index (χ4v) is 2.89. The highest BCUT2D eigenvalue weighted by Gasteiger charge is 2.26. The summed E-state index contributed by atoms with van der Waals surface area (Å²) in [7, 11) is 0. The molecule has 0 spiro atoms. The average Bonchev–Trinajstić information content (AvgIpc) is 2.28. The summed E-state index contributed by atoms with van der Waals surface area (Å²) < 4.78 is 0. The highest BCUT2D eigenvalue weighted by atomic mass is 32.2. The Morgan fingerprint density at radius 3 is 2.83 bits per heavy atom. The first-order chi connectivity index (χ1) is 5.68. The molecule has 1 aliphatic rings. The van der Waals surface area contributed by atoms with E-state index in [1.807, 2.05) is 23.9 Å². The predicted octanol–water partition coefficient (Wildman–Crippen LogP) is 2.99. The highest BCUT2D eigenvalue weighted by Crippen LogP contribution is 2.45. The van der Waals surface area contributed by atoms with Crippen LogP contribution in [-0.2, 0) is 0 Å². The molecular formula is C10H12OS. The lowest BCUT2D eigenvalue weighted by Gasteiger charge is -2.07. The molecule has 2 atom stereocenters. The Labute approximate surface area is 76.8 Å². The van der Waals surface area contributed by atoms with E-state index in [-0.39, 0.29) is 0 Å². The van der Waals surface area contributed by atoms with Gasteiger partial charge < -0.3 is 5.11 Å². The van der Waals surface area contributed by atoms with Crippen LogP contribution in [0.3, 0.4) is 0 Å². The van der Waals surface area contributed by atoms with Gasteiger partial charge >= 0.3 is 0 Å². The number of thioether (sulfide) groups is 1. The van der Waals surface area contributed by atoms with Crippen LogP contribution in [0, 0.1) is 0 Å². The first kappa shape index (κ1) is 7.99. The Balaban J connectivity index is 2.47. The maximum Gasteiger partial charge on any atom is 0.116 e. The molecule has 12 heavy (non-hydrogen) atoms. The Bertz CT molecular complexity index is 309. The van der Waals surface area contributed by atoms with Gasteiger partial charge in [-0.15, -0.1) is 11.8 Å². The van der Waals surface area contributed by atoms with Crippen LogP contribution in [0.15, 0.2) is 23.1 Å². The van der Waals surface area contributed by atoms with Crippen molar-refractivity contribution in [3.8, 4) is 5.75 Å². The van der Waals surface area contributed by atoms with Crippen LogP contribution < -0.4 is 0 Å². The number of benzene rings is 1. The molecule has 64 valence electrons. The maximum atomic E-state index is 9.26. The summed E-state index contributed by atoms with van der Waals surface area (Å²) in [6, 6.07) is 5.67. The van der Waals surface area contributed by atoms with E-state index in [0.717, 1.165) is 0 Å². The van der Waals surface area contributed by atoms with Gasteiger partial charge in [-0.25, -0.2) is 0 Å². The Morgan fingerprint density at radius 1 is 1.33 bits per heavy atom. The van der Waals surface area contributed by atoms with Gasteiger partial charge in [-0.1, -0.05) is 19.9 Å². The predicted molar refractivity (Wildman–Crippen MR) is 51.8 cm³/mol. The second kappa shape index (κ2) is 2.70. The summed E-state index contributed by atoms with van der Waals surface area (Å²) in [4.78, 5) is 1.25. The van der Waals surface area contributed by atoms with E-state index >= 15 is 0 Å². The van der Waals surface area contributed by atoms with Crippen molar-refractivity contribution in [2.75, 3.05) is 0 Å². The SMILES string of the molecule is CC1Sc2cc(O)ccc2C1C. The van der Waals surface area contributed by atoms with Gasteiger partial charge in [0.25, 0.3) is 0 Å². The van der Waals surface area contributed by atoms with E-state index in [2.05, 4.69) is 13.8 Å². The fraction of sp³-hybridized carbons (Fsp3) is 0.400. The quantitative estimate of drug-likeness (QED) is 0.662. The number of fused-ring (bicyclic) bond motifs is 1. The third kappa shape index (κ3) is 1.11. The minimum absolute atomic E-state index is 0.377. The zero-order valence-electron chi connectivity index (χ0n) is 7.24. The van der Waals surface area contributed by atoms with Crippen LogP contribution >= 0.6 is 11.8 Å². The molecule has 1 nitrogen and oxygen atoms in total. The summed E-state index contributed by atoms with van der Waals surface area (Å²) in [5, 5.41) is 9.90. The second-order valence-electron chi connectivity index (χ2n) is 3.33. The third-order valence-corrected chi connectivity index (χ3v) is 3.89. The molecule has 1 heterocycles. The summed E-state index contributed by atoms with van der Waals surface area (Å²) >= 11 is 1.85. The third-order valence-electron chi connectivity index (χ3n) is 2.50. The molecule has 0 fully saturated rings. The molecule has 1 aromatic rings. The van der Waals surface area contributed by atoms with Crippen molar-refractivity contribution in [3.63, 3.8) is 0 Å². The average molecular weight is 180 g/mol. The van der Waals surface area contributed by atoms with Crippen molar-refractivity contribution in [1.82, 2.24) is 0 Å². The molecule has 1 N–H and O–H groups in total. The largest absolute Gasteiger partial charge is 0.508 e. The molecule has 1 aromatic carbocycles. The lowest BCUT2D eigenvalue weighted by atomic mass is 9.99. The minimum Gasteiger partial charge on any atom is -0.508 e. The van der Waals surface area contributed by atoms with E-state index in [1.54, 1.807) is 6.07 Å². The number of hydrogen-bond acceptors (Lipinski definition) is 2. The zero-order valence-corrected chi connectivity index (χ0v) is 8.06. The van der Waals surface area contributed by atoms with E-state index in [9.17, 15) is 5.11 Å².